The van der Waals surface area contributed by atoms with Crippen molar-refractivity contribution in [1.29, 1.82) is 0 Å². The Labute approximate surface area is 273 Å². The maximum Gasteiger partial charge on any atom is 0.267 e. The zero-order valence-corrected chi connectivity index (χ0v) is 29.1. The van der Waals surface area contributed by atoms with Gasteiger partial charge in [0.15, 0.2) is 5.82 Å². The van der Waals surface area contributed by atoms with Crippen LogP contribution in [0.4, 0.5) is 5.82 Å². The Balaban J connectivity index is 1.12. The van der Waals surface area contributed by atoms with Gasteiger partial charge in [-0.3, -0.25) is 14.1 Å². The number of pyridine rings is 1. The number of hydrogen-bond donors (Lipinski definition) is 2. The summed E-state index contributed by atoms with van der Waals surface area (Å²) >= 11 is 1.64. The molecule has 3 fully saturated rings. The van der Waals surface area contributed by atoms with Crippen LogP contribution in [0.25, 0.3) is 5.82 Å². The molecule has 10 heteroatoms. The van der Waals surface area contributed by atoms with E-state index in [1.807, 2.05) is 27.3 Å². The smallest absolute Gasteiger partial charge is 0.267 e. The van der Waals surface area contributed by atoms with Crippen LogP contribution in [0.2, 0.25) is 0 Å². The number of carbonyl (C=O) groups is 1. The molecule has 4 bridgehead atoms. The highest BCUT2D eigenvalue weighted by Crippen LogP contribution is 2.84. The highest BCUT2D eigenvalue weighted by molar-refractivity contribution is 7.98. The number of piperidine rings is 1. The molecular formula is C35H53N8OS+. The minimum atomic E-state index is -0.272. The third kappa shape index (κ3) is 5.79. The Kier molecular flexibility index (Phi) is 7.78. The summed E-state index contributed by atoms with van der Waals surface area (Å²) in [5, 5.41) is 12.4. The lowest BCUT2D eigenvalue weighted by Gasteiger charge is -2.42. The largest absolute Gasteiger partial charge is 0.364 e. The van der Waals surface area contributed by atoms with Crippen molar-refractivity contribution in [3.8, 4) is 5.82 Å². The van der Waals surface area contributed by atoms with Gasteiger partial charge in [0, 0.05) is 24.6 Å². The molecule has 244 valence electrons. The Bertz CT molecular complexity index is 1480. The minimum absolute atomic E-state index is 0.0168. The molecule has 4 atom stereocenters. The quantitative estimate of drug-likeness (QED) is 0.297. The first-order valence-electron chi connectivity index (χ1n) is 17.4. The standard InChI is InChI=1S/C35H52N8OS/c1-7-34(4)27(35(34)17-18-35)11-8-10-24-16-20-41(40-24)29-15-14-26-31(38-29)39-33(2,3)22-25-23-42(32(26)44)45-30-13-9-12-28(37-30)36-19-21-43(25,5)6/h14-16,20,25,27,30H,7-13,17-19,21-23H2,1-6H3,(H-,36,37,38,39,44)/p+1. The van der Waals surface area contributed by atoms with Gasteiger partial charge in [-0.1, -0.05) is 13.8 Å². The number of amidine groups is 1. The van der Waals surface area contributed by atoms with Crippen molar-refractivity contribution in [3.05, 3.63) is 35.7 Å². The molecule has 1 amide bonds. The molecule has 0 aromatic carbocycles. The van der Waals surface area contributed by atoms with Crippen molar-refractivity contribution >= 4 is 29.5 Å². The van der Waals surface area contributed by atoms with E-state index in [9.17, 15) is 4.79 Å². The number of fused-ring (bicyclic) bond motifs is 5. The number of carbonyl (C=O) groups excluding carboxylic acids is 1. The fourth-order valence-electron chi connectivity index (χ4n) is 8.91. The number of aryl methyl sites for hydroxylation is 1. The van der Waals surface area contributed by atoms with Crippen LogP contribution in [0.5, 0.6) is 0 Å². The average Bonchev–Trinajstić information content (AvgIpc) is 3.81. The monoisotopic (exact) mass is 633 g/mol. The number of aromatic nitrogens is 3. The molecule has 45 heavy (non-hydrogen) atoms. The van der Waals surface area contributed by atoms with Crippen LogP contribution in [-0.2, 0) is 6.42 Å². The number of anilines is 1. The first-order chi connectivity index (χ1) is 21.4. The maximum absolute atomic E-state index is 14.4. The predicted molar refractivity (Wildman–Crippen MR) is 183 cm³/mol. The van der Waals surface area contributed by atoms with Gasteiger partial charge in [-0.2, -0.15) is 5.10 Å². The number of aliphatic imine (C=N–C) groups is 1. The number of likely N-dealkylation sites (N-methyl/N-ethyl adjacent to an activating group) is 1. The number of quaternary nitrogens is 1. The van der Waals surface area contributed by atoms with Crippen LogP contribution in [0.15, 0.2) is 29.4 Å². The lowest BCUT2D eigenvalue weighted by atomic mass is 9.93. The van der Waals surface area contributed by atoms with E-state index in [1.165, 1.54) is 32.1 Å². The summed E-state index contributed by atoms with van der Waals surface area (Å²) in [6.45, 7) is 11.8. The summed E-state index contributed by atoms with van der Waals surface area (Å²) in [4.78, 5) is 24.4. The van der Waals surface area contributed by atoms with Crippen LogP contribution >= 0.6 is 11.9 Å². The zero-order valence-electron chi connectivity index (χ0n) is 28.2. The Morgan fingerprint density at radius 1 is 1.16 bits per heavy atom. The summed E-state index contributed by atoms with van der Waals surface area (Å²) in [7, 11) is 4.58. The first-order valence-corrected chi connectivity index (χ1v) is 18.2. The summed E-state index contributed by atoms with van der Waals surface area (Å²) in [6.07, 6.45) is 13.7. The first kappa shape index (κ1) is 31.0. The third-order valence-corrected chi connectivity index (χ3v) is 13.3. The lowest BCUT2D eigenvalue weighted by Crippen LogP contribution is -2.57. The van der Waals surface area contributed by atoms with E-state index in [0.717, 1.165) is 72.9 Å². The van der Waals surface area contributed by atoms with E-state index in [1.54, 1.807) is 11.9 Å². The van der Waals surface area contributed by atoms with Crippen LogP contribution in [0, 0.1) is 16.7 Å². The molecule has 5 heterocycles. The van der Waals surface area contributed by atoms with Gasteiger partial charge in [0.1, 0.15) is 11.9 Å². The summed E-state index contributed by atoms with van der Waals surface area (Å²) in [5.41, 5.74) is 2.73. The fraction of sp³-hybridized carbons (Fsp3) is 0.714. The predicted octanol–water partition coefficient (Wildman–Crippen LogP) is 6.06. The molecule has 2 aromatic rings. The summed E-state index contributed by atoms with van der Waals surface area (Å²) < 4.78 is 4.70. The molecule has 2 N–H and O–H groups in total. The normalized spacial score (nSPS) is 31.2. The summed E-state index contributed by atoms with van der Waals surface area (Å²) in [5.74, 6) is 3.39. The Hall–Kier alpha value is -2.59. The molecule has 9 nitrogen and oxygen atoms in total. The van der Waals surface area contributed by atoms with Crippen LogP contribution in [0.1, 0.15) is 102 Å². The van der Waals surface area contributed by atoms with Crippen molar-refractivity contribution < 1.29 is 9.28 Å². The van der Waals surface area contributed by atoms with Crippen molar-refractivity contribution in [3.63, 3.8) is 0 Å². The molecule has 5 aliphatic rings. The van der Waals surface area contributed by atoms with E-state index >= 15 is 0 Å². The van der Waals surface area contributed by atoms with E-state index in [-0.39, 0.29) is 22.9 Å². The number of nitrogens with one attached hydrogen (secondary N) is 2. The molecule has 2 aromatic heterocycles. The topological polar surface area (TPSA) is 87.4 Å². The van der Waals surface area contributed by atoms with E-state index < -0.39 is 0 Å². The zero-order chi connectivity index (χ0) is 31.6. The van der Waals surface area contributed by atoms with Crippen molar-refractivity contribution in [2.75, 3.05) is 39.0 Å². The fourth-order valence-corrected chi connectivity index (χ4v) is 10.1. The Morgan fingerprint density at radius 3 is 2.73 bits per heavy atom. The van der Waals surface area contributed by atoms with Crippen molar-refractivity contribution in [2.45, 2.75) is 109 Å². The van der Waals surface area contributed by atoms with Crippen molar-refractivity contribution in [1.82, 2.24) is 24.4 Å². The second-order valence-electron chi connectivity index (χ2n) is 15.9. The average molecular weight is 634 g/mol. The van der Waals surface area contributed by atoms with Crippen molar-refractivity contribution in [2.24, 2.45) is 21.7 Å². The number of hydrogen-bond acceptors (Lipinski definition) is 7. The maximum atomic E-state index is 14.4. The molecule has 1 spiro atoms. The SMILES string of the molecule is CCC1(C)C(CCCc2ccn(-c3ccc4c(n3)NC(C)(C)CC3CN(SC5CCCC(=NCC[N+]3(C)C)N5)C4=O)n2)C12CC2. The number of rotatable bonds is 6. The molecule has 1 saturated heterocycles. The van der Waals surface area contributed by atoms with E-state index in [4.69, 9.17) is 15.1 Å². The van der Waals surface area contributed by atoms with Gasteiger partial charge >= 0.3 is 0 Å². The molecule has 0 radical (unpaired) electrons. The van der Waals surface area contributed by atoms with Gasteiger partial charge in [-0.05, 0) is 112 Å². The van der Waals surface area contributed by atoms with Gasteiger partial charge in [0.05, 0.1) is 56.2 Å². The highest BCUT2D eigenvalue weighted by atomic mass is 32.2. The Morgan fingerprint density at radius 2 is 1.98 bits per heavy atom. The minimum Gasteiger partial charge on any atom is -0.364 e. The van der Waals surface area contributed by atoms with E-state index in [2.05, 4.69) is 58.5 Å². The molecule has 4 unspecified atom stereocenters. The molecule has 2 aliphatic carbocycles. The summed E-state index contributed by atoms with van der Waals surface area (Å²) in [6, 6.07) is 6.27. The van der Waals surface area contributed by atoms with Crippen LogP contribution in [-0.4, -0.2) is 86.0 Å². The van der Waals surface area contributed by atoms with Crippen LogP contribution < -0.4 is 10.6 Å². The van der Waals surface area contributed by atoms with Gasteiger partial charge in [-0.25, -0.2) is 9.67 Å². The third-order valence-electron chi connectivity index (χ3n) is 12.2. The second-order valence-corrected chi connectivity index (χ2v) is 17.1. The number of amides is 1. The van der Waals surface area contributed by atoms with Gasteiger partial charge in [0.25, 0.3) is 5.91 Å². The van der Waals surface area contributed by atoms with Gasteiger partial charge < -0.3 is 15.1 Å². The van der Waals surface area contributed by atoms with E-state index in [0.29, 0.717) is 28.8 Å². The van der Waals surface area contributed by atoms with Gasteiger partial charge in [-0.15, -0.1) is 0 Å². The van der Waals surface area contributed by atoms with Gasteiger partial charge in [0.2, 0.25) is 0 Å². The molecular weight excluding hydrogens is 581 g/mol. The molecule has 7 rings (SSSR count). The molecule has 3 aliphatic heterocycles. The molecule has 2 saturated carbocycles. The van der Waals surface area contributed by atoms with Crippen LogP contribution in [0.3, 0.4) is 0 Å². The second kappa shape index (κ2) is 11.3. The number of nitrogens with zero attached hydrogens (tertiary/aromatic N) is 6. The lowest BCUT2D eigenvalue weighted by molar-refractivity contribution is -0.913. The highest BCUT2D eigenvalue weighted by Gasteiger charge is 2.77.